The molecule has 7 heteroatoms. The van der Waals surface area contributed by atoms with Crippen molar-refractivity contribution in [3.05, 3.63) is 47.3 Å². The molecule has 1 aromatic carbocycles. The van der Waals surface area contributed by atoms with E-state index in [-0.39, 0.29) is 11.6 Å². The van der Waals surface area contributed by atoms with E-state index < -0.39 is 22.0 Å². The van der Waals surface area contributed by atoms with Crippen molar-refractivity contribution < 1.29 is 18.7 Å². The molecule has 6 nitrogen and oxygen atoms in total. The molecule has 0 aliphatic rings. The van der Waals surface area contributed by atoms with Gasteiger partial charge in [-0.05, 0) is 24.0 Å². The van der Waals surface area contributed by atoms with E-state index in [0.717, 1.165) is 10.5 Å². The lowest BCUT2D eigenvalue weighted by atomic mass is 10.0. The van der Waals surface area contributed by atoms with E-state index in [0.29, 0.717) is 12.2 Å². The predicted molar refractivity (Wildman–Crippen MR) is 85.7 cm³/mol. The molecule has 124 valence electrons. The fourth-order valence-electron chi connectivity index (χ4n) is 2.36. The van der Waals surface area contributed by atoms with Crippen LogP contribution in [0.5, 0.6) is 0 Å². The molecule has 1 amide bonds. The van der Waals surface area contributed by atoms with Crippen LogP contribution in [0.15, 0.2) is 39.8 Å². The van der Waals surface area contributed by atoms with E-state index in [9.17, 15) is 9.00 Å². The summed E-state index contributed by atoms with van der Waals surface area (Å²) in [5.41, 5.74) is 2.48. The van der Waals surface area contributed by atoms with Gasteiger partial charge in [-0.25, -0.2) is 5.48 Å². The summed E-state index contributed by atoms with van der Waals surface area (Å²) in [5.74, 6) is -0.149. The highest BCUT2D eigenvalue weighted by molar-refractivity contribution is 7.85. The third kappa shape index (κ3) is 3.68. The molecule has 2 atom stereocenters. The van der Waals surface area contributed by atoms with Crippen LogP contribution in [0.2, 0.25) is 0 Å². The van der Waals surface area contributed by atoms with Gasteiger partial charge in [0.25, 0.3) is 5.91 Å². The molecule has 0 fully saturated rings. The molecule has 0 saturated heterocycles. The lowest BCUT2D eigenvalue weighted by molar-refractivity contribution is 0.0696. The molecule has 0 radical (unpaired) electrons. The first kappa shape index (κ1) is 17.4. The summed E-state index contributed by atoms with van der Waals surface area (Å²) in [7, 11) is -1.33. The standard InChI is InChI=1S/C16H20N2O4S/c1-4-14(13-9-12(18-22-13)16(19)17-20)23(21)15-8-6-5-7-11(15)10(2)3/h5-10,14,20H,4H2,1-3H3,(H,17,19). The minimum absolute atomic E-state index is 0.0462. The maximum Gasteiger partial charge on any atom is 0.296 e. The molecule has 2 rings (SSSR count). The van der Waals surface area contributed by atoms with Crippen molar-refractivity contribution >= 4 is 16.7 Å². The molecule has 1 aromatic heterocycles. The topological polar surface area (TPSA) is 92.4 Å². The van der Waals surface area contributed by atoms with Gasteiger partial charge in [-0.3, -0.25) is 14.2 Å². The Morgan fingerprint density at radius 3 is 2.70 bits per heavy atom. The number of nitrogens with zero attached hydrogens (tertiary/aromatic N) is 1. The van der Waals surface area contributed by atoms with Gasteiger partial charge in [-0.15, -0.1) is 0 Å². The first-order chi connectivity index (χ1) is 11.0. The summed E-state index contributed by atoms with van der Waals surface area (Å²) in [6.45, 7) is 6.00. The van der Waals surface area contributed by atoms with Crippen molar-refractivity contribution in [3.63, 3.8) is 0 Å². The van der Waals surface area contributed by atoms with Gasteiger partial charge in [-0.2, -0.15) is 0 Å². The Morgan fingerprint density at radius 2 is 2.09 bits per heavy atom. The van der Waals surface area contributed by atoms with Crippen molar-refractivity contribution in [2.75, 3.05) is 0 Å². The van der Waals surface area contributed by atoms with Crippen LogP contribution in [0.1, 0.15) is 60.2 Å². The van der Waals surface area contributed by atoms with Crippen LogP contribution < -0.4 is 5.48 Å². The van der Waals surface area contributed by atoms with Crippen LogP contribution in [0.4, 0.5) is 0 Å². The quantitative estimate of drug-likeness (QED) is 0.624. The highest BCUT2D eigenvalue weighted by atomic mass is 32.2. The first-order valence-electron chi connectivity index (χ1n) is 7.40. The Labute approximate surface area is 137 Å². The smallest absolute Gasteiger partial charge is 0.296 e. The summed E-state index contributed by atoms with van der Waals surface area (Å²) < 4.78 is 18.2. The first-order valence-corrected chi connectivity index (χ1v) is 8.61. The maximum atomic E-state index is 13.0. The van der Waals surface area contributed by atoms with Crippen LogP contribution in [-0.4, -0.2) is 20.5 Å². The lowest BCUT2D eigenvalue weighted by Crippen LogP contribution is -2.18. The largest absolute Gasteiger partial charge is 0.359 e. The van der Waals surface area contributed by atoms with E-state index in [1.165, 1.54) is 11.5 Å². The average Bonchev–Trinajstić information content (AvgIpc) is 3.04. The minimum atomic E-state index is -1.33. The van der Waals surface area contributed by atoms with Gasteiger partial charge in [0.15, 0.2) is 11.5 Å². The molecule has 2 N–H and O–H groups in total. The monoisotopic (exact) mass is 336 g/mol. The zero-order valence-corrected chi connectivity index (χ0v) is 14.1. The maximum absolute atomic E-state index is 13.0. The number of carbonyl (C=O) groups is 1. The third-order valence-corrected chi connectivity index (χ3v) is 5.45. The number of hydrogen-bond acceptors (Lipinski definition) is 5. The van der Waals surface area contributed by atoms with Gasteiger partial charge >= 0.3 is 0 Å². The van der Waals surface area contributed by atoms with Crippen LogP contribution >= 0.6 is 0 Å². The van der Waals surface area contributed by atoms with Crippen molar-refractivity contribution in [1.82, 2.24) is 10.6 Å². The summed E-state index contributed by atoms with van der Waals surface area (Å²) in [6.07, 6.45) is 0.564. The highest BCUT2D eigenvalue weighted by Gasteiger charge is 2.26. The predicted octanol–water partition coefficient (Wildman–Crippen LogP) is 3.18. The van der Waals surface area contributed by atoms with Gasteiger partial charge in [0.2, 0.25) is 0 Å². The highest BCUT2D eigenvalue weighted by Crippen LogP contribution is 2.32. The Balaban J connectivity index is 2.36. The fraction of sp³-hybridized carbons (Fsp3) is 0.375. The molecule has 2 unspecified atom stereocenters. The number of hydrogen-bond donors (Lipinski definition) is 2. The van der Waals surface area contributed by atoms with Crippen LogP contribution in [-0.2, 0) is 10.8 Å². The van der Waals surface area contributed by atoms with Gasteiger partial charge in [-0.1, -0.05) is 44.1 Å². The summed E-state index contributed by atoms with van der Waals surface area (Å²) in [6, 6.07) is 9.02. The molecule has 2 aromatic rings. The molecule has 0 spiro atoms. The second-order valence-corrected chi connectivity index (χ2v) is 7.05. The van der Waals surface area contributed by atoms with E-state index in [2.05, 4.69) is 19.0 Å². The molecular formula is C16H20N2O4S. The molecule has 0 aliphatic carbocycles. The van der Waals surface area contributed by atoms with Gasteiger partial charge in [0.05, 0.1) is 16.0 Å². The Morgan fingerprint density at radius 1 is 1.39 bits per heavy atom. The van der Waals surface area contributed by atoms with Crippen molar-refractivity contribution in [2.45, 2.75) is 43.3 Å². The number of aromatic nitrogens is 1. The number of carbonyl (C=O) groups excluding carboxylic acids is 1. The molecule has 1 heterocycles. The molecule has 0 aliphatic heterocycles. The normalized spacial score (nSPS) is 13.8. The number of rotatable bonds is 6. The Hall–Kier alpha value is -1.99. The van der Waals surface area contributed by atoms with E-state index in [1.54, 1.807) is 0 Å². The zero-order chi connectivity index (χ0) is 17.0. The van der Waals surface area contributed by atoms with Gasteiger partial charge in [0, 0.05) is 11.0 Å². The zero-order valence-electron chi connectivity index (χ0n) is 13.3. The van der Waals surface area contributed by atoms with Crippen LogP contribution in [0, 0.1) is 0 Å². The fourth-order valence-corrected chi connectivity index (χ4v) is 4.04. The van der Waals surface area contributed by atoms with E-state index in [4.69, 9.17) is 9.73 Å². The molecular weight excluding hydrogens is 316 g/mol. The Bertz CT molecular complexity index is 712. The number of amides is 1. The Kier molecular flexibility index (Phi) is 5.68. The molecule has 0 saturated carbocycles. The third-order valence-electron chi connectivity index (χ3n) is 3.57. The second-order valence-electron chi connectivity index (χ2n) is 5.44. The SMILES string of the molecule is CCC(c1cc(C(=O)NO)no1)S(=O)c1ccccc1C(C)C. The number of nitrogens with one attached hydrogen (secondary N) is 1. The van der Waals surface area contributed by atoms with E-state index in [1.807, 2.05) is 31.2 Å². The van der Waals surface area contributed by atoms with Crippen LogP contribution in [0.3, 0.4) is 0 Å². The number of benzene rings is 1. The van der Waals surface area contributed by atoms with Gasteiger partial charge in [0.1, 0.15) is 0 Å². The number of hydroxylamine groups is 1. The average molecular weight is 336 g/mol. The summed E-state index contributed by atoms with van der Waals surface area (Å²) in [4.78, 5) is 12.1. The second kappa shape index (κ2) is 7.52. The van der Waals surface area contributed by atoms with Crippen molar-refractivity contribution in [3.8, 4) is 0 Å². The molecule has 0 bridgehead atoms. The minimum Gasteiger partial charge on any atom is -0.359 e. The van der Waals surface area contributed by atoms with E-state index >= 15 is 0 Å². The van der Waals surface area contributed by atoms with Crippen molar-refractivity contribution in [2.24, 2.45) is 0 Å². The van der Waals surface area contributed by atoms with Crippen LogP contribution in [0.25, 0.3) is 0 Å². The summed E-state index contributed by atoms with van der Waals surface area (Å²) in [5, 5.41) is 11.8. The van der Waals surface area contributed by atoms with Gasteiger partial charge < -0.3 is 4.52 Å². The molecule has 23 heavy (non-hydrogen) atoms. The van der Waals surface area contributed by atoms with Crippen molar-refractivity contribution in [1.29, 1.82) is 0 Å². The lowest BCUT2D eigenvalue weighted by Gasteiger charge is -2.16. The summed E-state index contributed by atoms with van der Waals surface area (Å²) >= 11 is 0.